The van der Waals surface area contributed by atoms with Gasteiger partial charge >= 0.3 is 0 Å². The van der Waals surface area contributed by atoms with E-state index < -0.39 is 0 Å². The number of hydrogen-bond donors (Lipinski definition) is 1. The van der Waals surface area contributed by atoms with Gasteiger partial charge in [-0.2, -0.15) is 4.98 Å². The summed E-state index contributed by atoms with van der Waals surface area (Å²) in [6.45, 7) is 2.61. The van der Waals surface area contributed by atoms with E-state index in [0.717, 1.165) is 6.42 Å². The van der Waals surface area contributed by atoms with Gasteiger partial charge in [0.2, 0.25) is 11.7 Å². The molecule has 2 aromatic heterocycles. The first-order chi connectivity index (χ1) is 7.81. The minimum absolute atomic E-state index is 0.174. The highest BCUT2D eigenvalue weighted by molar-refractivity contribution is 5.46. The van der Waals surface area contributed by atoms with Crippen molar-refractivity contribution in [2.45, 2.75) is 19.3 Å². The summed E-state index contributed by atoms with van der Waals surface area (Å²) in [5.41, 5.74) is 6.13. The summed E-state index contributed by atoms with van der Waals surface area (Å²) in [6.07, 6.45) is 3.92. The predicted octanol–water partition coefficient (Wildman–Crippen LogP) is 0.979. The molecule has 2 rings (SSSR count). The molecule has 0 fully saturated rings. The summed E-state index contributed by atoms with van der Waals surface area (Å²) in [5, 5.41) is 3.87. The van der Waals surface area contributed by atoms with Crippen molar-refractivity contribution in [3.8, 4) is 11.5 Å². The lowest BCUT2D eigenvalue weighted by Gasteiger charge is -2.01. The van der Waals surface area contributed by atoms with Crippen molar-refractivity contribution in [1.82, 2.24) is 20.1 Å². The SMILES string of the molecule is CC(CCN)c1nc(-c2ccncn2)no1. The molecule has 2 N–H and O–H groups in total. The Morgan fingerprint density at radius 1 is 1.50 bits per heavy atom. The second-order valence-corrected chi connectivity index (χ2v) is 3.53. The first-order valence-corrected chi connectivity index (χ1v) is 5.11. The minimum atomic E-state index is 0.174. The molecule has 0 bridgehead atoms. The molecule has 0 aliphatic carbocycles. The molecule has 0 saturated heterocycles. The van der Waals surface area contributed by atoms with Gasteiger partial charge in [-0.15, -0.1) is 0 Å². The summed E-state index contributed by atoms with van der Waals surface area (Å²) in [6, 6.07) is 1.74. The summed E-state index contributed by atoms with van der Waals surface area (Å²) in [4.78, 5) is 12.2. The van der Waals surface area contributed by atoms with Gasteiger partial charge in [0.1, 0.15) is 12.0 Å². The molecule has 0 aliphatic heterocycles. The van der Waals surface area contributed by atoms with Gasteiger partial charge in [-0.05, 0) is 19.0 Å². The smallest absolute Gasteiger partial charge is 0.229 e. The lowest BCUT2D eigenvalue weighted by atomic mass is 10.1. The number of hydrogen-bond acceptors (Lipinski definition) is 6. The van der Waals surface area contributed by atoms with Crippen molar-refractivity contribution in [3.05, 3.63) is 24.5 Å². The van der Waals surface area contributed by atoms with Gasteiger partial charge in [0.25, 0.3) is 0 Å². The average Bonchev–Trinajstić information content (AvgIpc) is 2.80. The van der Waals surface area contributed by atoms with Crippen molar-refractivity contribution >= 4 is 0 Å². The first-order valence-electron chi connectivity index (χ1n) is 5.11. The quantitative estimate of drug-likeness (QED) is 0.824. The maximum atomic E-state index is 5.47. The van der Waals surface area contributed by atoms with E-state index in [9.17, 15) is 0 Å². The Morgan fingerprint density at radius 2 is 2.38 bits per heavy atom. The molecule has 6 nitrogen and oxygen atoms in total. The molecule has 0 aromatic carbocycles. The lowest BCUT2D eigenvalue weighted by molar-refractivity contribution is 0.355. The van der Waals surface area contributed by atoms with Crippen molar-refractivity contribution in [1.29, 1.82) is 0 Å². The van der Waals surface area contributed by atoms with E-state index in [1.54, 1.807) is 12.3 Å². The molecule has 84 valence electrons. The van der Waals surface area contributed by atoms with Gasteiger partial charge in [-0.3, -0.25) is 0 Å². The molecule has 1 unspecified atom stereocenters. The van der Waals surface area contributed by atoms with Crippen molar-refractivity contribution in [2.75, 3.05) is 6.54 Å². The van der Waals surface area contributed by atoms with Crippen LogP contribution in [0.4, 0.5) is 0 Å². The summed E-state index contributed by atoms with van der Waals surface area (Å²) in [7, 11) is 0. The molecular formula is C10H13N5O. The highest BCUT2D eigenvalue weighted by Crippen LogP contribution is 2.19. The van der Waals surface area contributed by atoms with Crippen LogP contribution in [0.25, 0.3) is 11.5 Å². The fourth-order valence-corrected chi connectivity index (χ4v) is 1.34. The summed E-state index contributed by atoms with van der Waals surface area (Å²) in [5.74, 6) is 1.26. The minimum Gasteiger partial charge on any atom is -0.339 e. The first kappa shape index (κ1) is 10.7. The van der Waals surface area contributed by atoms with Gasteiger partial charge in [0.05, 0.1) is 0 Å². The molecule has 16 heavy (non-hydrogen) atoms. The molecule has 0 aliphatic rings. The van der Waals surface area contributed by atoms with E-state index in [4.69, 9.17) is 10.3 Å². The number of aromatic nitrogens is 4. The van der Waals surface area contributed by atoms with Crippen LogP contribution in [0.2, 0.25) is 0 Å². The van der Waals surface area contributed by atoms with Gasteiger partial charge in [0.15, 0.2) is 0 Å². The van der Waals surface area contributed by atoms with Crippen molar-refractivity contribution in [2.24, 2.45) is 5.73 Å². The largest absolute Gasteiger partial charge is 0.339 e. The van der Waals surface area contributed by atoms with E-state index in [2.05, 4.69) is 20.1 Å². The van der Waals surface area contributed by atoms with Crippen LogP contribution in [0.1, 0.15) is 25.2 Å². The number of nitrogens with zero attached hydrogens (tertiary/aromatic N) is 4. The van der Waals surface area contributed by atoms with E-state index in [0.29, 0.717) is 24.0 Å². The third kappa shape index (κ3) is 2.22. The van der Waals surface area contributed by atoms with E-state index in [-0.39, 0.29) is 5.92 Å². The van der Waals surface area contributed by atoms with Crippen molar-refractivity contribution < 1.29 is 4.52 Å². The third-order valence-electron chi connectivity index (χ3n) is 2.27. The Hall–Kier alpha value is -1.82. The normalized spacial score (nSPS) is 12.6. The Bertz CT molecular complexity index is 441. The van der Waals surface area contributed by atoms with Gasteiger partial charge < -0.3 is 10.3 Å². The van der Waals surface area contributed by atoms with Crippen LogP contribution in [0.3, 0.4) is 0 Å². The fourth-order valence-electron chi connectivity index (χ4n) is 1.34. The van der Waals surface area contributed by atoms with Crippen LogP contribution < -0.4 is 5.73 Å². The Labute approximate surface area is 92.9 Å². The van der Waals surface area contributed by atoms with Crippen LogP contribution in [-0.4, -0.2) is 26.7 Å². The van der Waals surface area contributed by atoms with Crippen LogP contribution in [0.15, 0.2) is 23.1 Å². The summed E-state index contributed by atoms with van der Waals surface area (Å²) < 4.78 is 5.16. The molecule has 6 heteroatoms. The second kappa shape index (κ2) is 4.80. The van der Waals surface area contributed by atoms with E-state index >= 15 is 0 Å². The third-order valence-corrected chi connectivity index (χ3v) is 2.27. The molecular weight excluding hydrogens is 206 g/mol. The number of nitrogens with two attached hydrogens (primary N) is 1. The maximum Gasteiger partial charge on any atom is 0.229 e. The maximum absolute atomic E-state index is 5.47. The fraction of sp³-hybridized carbons (Fsp3) is 0.400. The van der Waals surface area contributed by atoms with Crippen LogP contribution >= 0.6 is 0 Å². The average molecular weight is 219 g/mol. The topological polar surface area (TPSA) is 90.7 Å². The molecule has 0 amide bonds. The Balaban J connectivity index is 2.20. The highest BCUT2D eigenvalue weighted by Gasteiger charge is 2.14. The zero-order valence-corrected chi connectivity index (χ0v) is 9.00. The second-order valence-electron chi connectivity index (χ2n) is 3.53. The molecule has 2 aromatic rings. The monoisotopic (exact) mass is 219 g/mol. The van der Waals surface area contributed by atoms with Crippen LogP contribution in [0.5, 0.6) is 0 Å². The zero-order chi connectivity index (χ0) is 11.4. The van der Waals surface area contributed by atoms with Crippen molar-refractivity contribution in [3.63, 3.8) is 0 Å². The summed E-state index contributed by atoms with van der Waals surface area (Å²) >= 11 is 0. The van der Waals surface area contributed by atoms with Gasteiger partial charge in [0, 0.05) is 12.1 Å². The van der Waals surface area contributed by atoms with E-state index in [1.165, 1.54) is 6.33 Å². The zero-order valence-electron chi connectivity index (χ0n) is 9.00. The predicted molar refractivity (Wildman–Crippen MR) is 57.4 cm³/mol. The molecule has 2 heterocycles. The lowest BCUT2D eigenvalue weighted by Crippen LogP contribution is -2.04. The highest BCUT2D eigenvalue weighted by atomic mass is 16.5. The Morgan fingerprint density at radius 3 is 3.06 bits per heavy atom. The number of rotatable bonds is 4. The molecule has 0 spiro atoms. The van der Waals surface area contributed by atoms with Gasteiger partial charge in [-0.1, -0.05) is 12.1 Å². The molecule has 0 saturated carbocycles. The molecule has 0 radical (unpaired) electrons. The van der Waals surface area contributed by atoms with Crippen LogP contribution in [0, 0.1) is 0 Å². The standard InChI is InChI=1S/C10H13N5O/c1-7(2-4-11)10-14-9(15-16-10)8-3-5-12-6-13-8/h3,5-7H,2,4,11H2,1H3. The van der Waals surface area contributed by atoms with Gasteiger partial charge in [-0.25, -0.2) is 9.97 Å². The Kier molecular flexibility index (Phi) is 3.21. The molecule has 1 atom stereocenters. The van der Waals surface area contributed by atoms with Crippen LogP contribution in [-0.2, 0) is 0 Å². The van der Waals surface area contributed by atoms with E-state index in [1.807, 2.05) is 6.92 Å².